The molecule has 0 atom stereocenters. The number of nitrogens with zero attached hydrogens (tertiary/aromatic N) is 1. The predicted octanol–water partition coefficient (Wildman–Crippen LogP) is 6.66. The number of nitro groups is 1. The lowest BCUT2D eigenvalue weighted by Gasteiger charge is -2.04. The van der Waals surface area contributed by atoms with Gasteiger partial charge in [-0.15, -0.1) is 0 Å². The van der Waals surface area contributed by atoms with Gasteiger partial charge in [0.05, 0.1) is 22.8 Å². The van der Waals surface area contributed by atoms with E-state index < -0.39 is 15.0 Å². The monoisotopic (exact) mass is 439 g/mol. The summed E-state index contributed by atoms with van der Waals surface area (Å²) in [6.45, 7) is 2.11. The molecule has 1 aromatic rings. The molecule has 1 aromatic carbocycles. The number of nitro benzene ring substituents is 1. The lowest BCUT2D eigenvalue weighted by molar-refractivity contribution is -0.385. The van der Waals surface area contributed by atoms with Crippen molar-refractivity contribution in [2.75, 3.05) is 12.4 Å². The molecule has 0 aliphatic carbocycles. The maximum Gasteiger partial charge on any atom is 0.276 e. The van der Waals surface area contributed by atoms with Crippen molar-refractivity contribution in [2.45, 2.75) is 84.0 Å². The molecule has 0 aliphatic heterocycles. The van der Waals surface area contributed by atoms with Crippen molar-refractivity contribution >= 4 is 21.9 Å². The van der Waals surface area contributed by atoms with Gasteiger partial charge in [0.1, 0.15) is 0 Å². The van der Waals surface area contributed by atoms with Gasteiger partial charge in [0.15, 0.2) is 0 Å². The van der Waals surface area contributed by atoms with Crippen molar-refractivity contribution in [1.82, 2.24) is 0 Å². The summed E-state index contributed by atoms with van der Waals surface area (Å²) in [6.07, 6.45) is 17.2. The van der Waals surface area contributed by atoms with E-state index in [-0.39, 0.29) is 18.0 Å². The van der Waals surface area contributed by atoms with Gasteiger partial charge >= 0.3 is 0 Å². The van der Waals surface area contributed by atoms with Crippen LogP contribution in [-0.4, -0.2) is 25.7 Å². The second kappa shape index (κ2) is 16.0. The van der Waals surface area contributed by atoms with Crippen LogP contribution in [-0.2, 0) is 14.3 Å². The van der Waals surface area contributed by atoms with E-state index >= 15 is 0 Å². The molecule has 1 rings (SSSR count). The fraction of sp³-hybridized carbons (Fsp3) is 0.652. The standard InChI is InChI=1S/C23H37NO5S/c1-2-3-4-5-6-7-8-9-10-11-12-15-21-30(27,28)29-20-16-18-22-17-13-14-19-23(22)24(25)26/h13-14,16-19H,2-12,15,20-21H2,1H3. The first-order valence-corrected chi connectivity index (χ1v) is 12.8. The van der Waals surface area contributed by atoms with Crippen molar-refractivity contribution in [2.24, 2.45) is 0 Å². The normalized spacial score (nSPS) is 11.9. The minimum Gasteiger partial charge on any atom is -0.266 e. The molecule has 0 heterocycles. The van der Waals surface area contributed by atoms with E-state index in [1.807, 2.05) is 0 Å². The van der Waals surface area contributed by atoms with Crippen LogP contribution in [0.1, 0.15) is 89.5 Å². The Bertz CT molecular complexity index is 731. The highest BCUT2D eigenvalue weighted by Gasteiger charge is 2.11. The Morgan fingerprint density at radius 1 is 0.900 bits per heavy atom. The van der Waals surface area contributed by atoms with Gasteiger partial charge in [0.2, 0.25) is 0 Å². The van der Waals surface area contributed by atoms with Crippen LogP contribution >= 0.6 is 0 Å². The maximum absolute atomic E-state index is 11.9. The smallest absolute Gasteiger partial charge is 0.266 e. The van der Waals surface area contributed by atoms with E-state index in [1.54, 1.807) is 18.2 Å². The predicted molar refractivity (Wildman–Crippen MR) is 123 cm³/mol. The van der Waals surface area contributed by atoms with Gasteiger partial charge in [-0.2, -0.15) is 8.42 Å². The first-order valence-electron chi connectivity index (χ1n) is 11.2. The summed E-state index contributed by atoms with van der Waals surface area (Å²) in [5.41, 5.74) is 0.401. The van der Waals surface area contributed by atoms with Crippen molar-refractivity contribution in [3.63, 3.8) is 0 Å². The van der Waals surface area contributed by atoms with E-state index in [1.165, 1.54) is 69.6 Å². The second-order valence-electron chi connectivity index (χ2n) is 7.65. The van der Waals surface area contributed by atoms with Crippen LogP contribution in [0.3, 0.4) is 0 Å². The fourth-order valence-corrected chi connectivity index (χ4v) is 4.25. The Morgan fingerprint density at radius 3 is 2.00 bits per heavy atom. The highest BCUT2D eigenvalue weighted by Crippen LogP contribution is 2.19. The van der Waals surface area contributed by atoms with Crippen LogP contribution in [0, 0.1) is 10.1 Å². The van der Waals surface area contributed by atoms with E-state index in [0.717, 1.165) is 19.3 Å². The maximum atomic E-state index is 11.9. The summed E-state index contributed by atoms with van der Waals surface area (Å²) in [7, 11) is -3.56. The van der Waals surface area contributed by atoms with E-state index in [0.29, 0.717) is 12.0 Å². The van der Waals surface area contributed by atoms with E-state index in [9.17, 15) is 18.5 Å². The fourth-order valence-electron chi connectivity index (χ4n) is 3.29. The van der Waals surface area contributed by atoms with Gasteiger partial charge in [0, 0.05) is 6.07 Å². The van der Waals surface area contributed by atoms with E-state index in [4.69, 9.17) is 4.18 Å². The number of benzene rings is 1. The highest BCUT2D eigenvalue weighted by atomic mass is 32.2. The van der Waals surface area contributed by atoms with Crippen LogP contribution < -0.4 is 0 Å². The first-order chi connectivity index (χ1) is 14.5. The topological polar surface area (TPSA) is 86.5 Å². The molecule has 0 saturated heterocycles. The SMILES string of the molecule is CCCCCCCCCCCCCCS(=O)(=O)OCC=Cc1ccccc1[N+](=O)[O-]. The third-order valence-electron chi connectivity index (χ3n) is 5.02. The molecule has 0 amide bonds. The number of rotatable bonds is 18. The van der Waals surface area contributed by atoms with Gasteiger partial charge in [-0.1, -0.05) is 95.8 Å². The molecule has 0 N–H and O–H groups in total. The third-order valence-corrected chi connectivity index (χ3v) is 6.31. The summed E-state index contributed by atoms with van der Waals surface area (Å²) in [6, 6.07) is 6.30. The molecule has 0 aromatic heterocycles. The summed E-state index contributed by atoms with van der Waals surface area (Å²) in [4.78, 5) is 10.5. The Balaban J connectivity index is 2.10. The van der Waals surface area contributed by atoms with Crippen molar-refractivity contribution in [1.29, 1.82) is 0 Å². The number of para-hydroxylation sites is 1. The molecule has 0 fully saturated rings. The number of hydrogen-bond acceptors (Lipinski definition) is 5. The van der Waals surface area contributed by atoms with Gasteiger partial charge in [-0.05, 0) is 18.6 Å². The van der Waals surface area contributed by atoms with Crippen LogP contribution in [0.15, 0.2) is 30.3 Å². The minimum atomic E-state index is -3.56. The molecule has 0 bridgehead atoms. The first kappa shape index (κ1) is 26.3. The number of unbranched alkanes of at least 4 members (excludes halogenated alkanes) is 11. The molecule has 7 heteroatoms. The molecule has 0 spiro atoms. The zero-order chi connectivity index (χ0) is 22.1. The molecule has 0 aliphatic rings. The van der Waals surface area contributed by atoms with Crippen LogP contribution in [0.5, 0.6) is 0 Å². The highest BCUT2D eigenvalue weighted by molar-refractivity contribution is 7.86. The van der Waals surface area contributed by atoms with Crippen LogP contribution in [0.4, 0.5) is 5.69 Å². The summed E-state index contributed by atoms with van der Waals surface area (Å²) < 4.78 is 28.8. The molecule has 0 radical (unpaired) electrons. The van der Waals surface area contributed by atoms with Crippen molar-refractivity contribution in [3.8, 4) is 0 Å². The molecular weight excluding hydrogens is 402 g/mol. The Hall–Kier alpha value is -1.73. The molecular formula is C23H37NO5S. The summed E-state index contributed by atoms with van der Waals surface area (Å²) >= 11 is 0. The molecule has 6 nitrogen and oxygen atoms in total. The average Bonchev–Trinajstić information content (AvgIpc) is 2.72. The quantitative estimate of drug-likeness (QED) is 0.110. The van der Waals surface area contributed by atoms with Crippen LogP contribution in [0.25, 0.3) is 6.08 Å². The van der Waals surface area contributed by atoms with Gasteiger partial charge in [-0.3, -0.25) is 14.3 Å². The Labute approximate surface area is 182 Å². The van der Waals surface area contributed by atoms with Crippen molar-refractivity contribution < 1.29 is 17.5 Å². The number of hydrogen-bond donors (Lipinski definition) is 0. The third kappa shape index (κ3) is 12.8. The Kier molecular flexibility index (Phi) is 14.1. The minimum absolute atomic E-state index is 0.0176. The van der Waals surface area contributed by atoms with Crippen LogP contribution in [0.2, 0.25) is 0 Å². The zero-order valence-electron chi connectivity index (χ0n) is 18.3. The molecule has 170 valence electrons. The van der Waals surface area contributed by atoms with Crippen molar-refractivity contribution in [3.05, 3.63) is 46.0 Å². The molecule has 0 saturated carbocycles. The average molecular weight is 440 g/mol. The van der Waals surface area contributed by atoms with Gasteiger partial charge in [-0.25, -0.2) is 0 Å². The second-order valence-corrected chi connectivity index (χ2v) is 9.41. The lowest BCUT2D eigenvalue weighted by Crippen LogP contribution is -2.10. The largest absolute Gasteiger partial charge is 0.276 e. The summed E-state index contributed by atoms with van der Waals surface area (Å²) in [5, 5.41) is 11.0. The van der Waals surface area contributed by atoms with Gasteiger partial charge in [0.25, 0.3) is 15.8 Å². The zero-order valence-corrected chi connectivity index (χ0v) is 19.1. The van der Waals surface area contributed by atoms with E-state index in [2.05, 4.69) is 6.92 Å². The molecule has 0 unspecified atom stereocenters. The Morgan fingerprint density at radius 2 is 1.43 bits per heavy atom. The molecule has 30 heavy (non-hydrogen) atoms. The van der Waals surface area contributed by atoms with Gasteiger partial charge < -0.3 is 0 Å². The summed E-state index contributed by atoms with van der Waals surface area (Å²) in [5.74, 6) is 0.0176. The lowest BCUT2D eigenvalue weighted by atomic mass is 10.1.